The highest BCUT2D eigenvalue weighted by molar-refractivity contribution is 7.20. The molecule has 0 saturated carbocycles. The normalized spacial score (nSPS) is 21.6. The van der Waals surface area contributed by atoms with Crippen molar-refractivity contribution in [3.05, 3.63) is 29.1 Å². The highest BCUT2D eigenvalue weighted by Gasteiger charge is 2.28. The Hall–Kier alpha value is -1.92. The van der Waals surface area contributed by atoms with Crippen LogP contribution in [-0.4, -0.2) is 29.2 Å². The minimum atomic E-state index is -0.935. The number of carbonyl (C=O) groups excluding carboxylic acids is 1. The molecule has 2 atom stereocenters. The summed E-state index contributed by atoms with van der Waals surface area (Å²) in [6.07, 6.45) is 1.35. The topological polar surface area (TPSA) is 75.6 Å². The van der Waals surface area contributed by atoms with E-state index in [-0.39, 0.29) is 12.0 Å². The number of hydrogen-bond acceptors (Lipinski definition) is 4. The third kappa shape index (κ3) is 2.91. The second-order valence-electron chi connectivity index (χ2n) is 5.17. The van der Waals surface area contributed by atoms with Crippen LogP contribution in [0, 0.1) is 0 Å². The fraction of sp³-hybridized carbons (Fsp3) is 0.333. The zero-order valence-corrected chi connectivity index (χ0v) is 12.3. The van der Waals surface area contributed by atoms with E-state index in [2.05, 4.69) is 5.32 Å². The van der Waals surface area contributed by atoms with Crippen LogP contribution >= 0.6 is 11.3 Å². The molecule has 2 N–H and O–H groups in total. The summed E-state index contributed by atoms with van der Waals surface area (Å²) in [6.45, 7) is 1.96. The number of amides is 1. The van der Waals surface area contributed by atoms with Gasteiger partial charge in [0.1, 0.15) is 11.0 Å². The fourth-order valence-electron chi connectivity index (χ4n) is 2.44. The van der Waals surface area contributed by atoms with E-state index in [0.717, 1.165) is 22.9 Å². The van der Waals surface area contributed by atoms with Gasteiger partial charge < -0.3 is 15.2 Å². The van der Waals surface area contributed by atoms with Crippen LogP contribution in [-0.2, 0) is 9.53 Å². The first-order valence-electron chi connectivity index (χ1n) is 6.76. The van der Waals surface area contributed by atoms with Gasteiger partial charge in [-0.3, -0.25) is 4.79 Å². The maximum Gasteiger partial charge on any atom is 0.345 e. The SMILES string of the molecule is CC1CCC(C(=O)Nc2ccc3sc(C(=O)O)cc3c2)O1. The van der Waals surface area contributed by atoms with Crippen molar-refractivity contribution in [2.45, 2.75) is 32.0 Å². The number of ether oxygens (including phenoxy) is 1. The lowest BCUT2D eigenvalue weighted by Crippen LogP contribution is -2.27. The summed E-state index contributed by atoms with van der Waals surface area (Å²) in [7, 11) is 0. The molecule has 1 aliphatic heterocycles. The van der Waals surface area contributed by atoms with Gasteiger partial charge in [-0.05, 0) is 49.4 Å². The Morgan fingerprint density at radius 2 is 2.14 bits per heavy atom. The lowest BCUT2D eigenvalue weighted by atomic mass is 10.2. The van der Waals surface area contributed by atoms with Crippen LogP contribution in [0.2, 0.25) is 0 Å². The summed E-state index contributed by atoms with van der Waals surface area (Å²) in [5.41, 5.74) is 0.658. The van der Waals surface area contributed by atoms with Gasteiger partial charge in [0, 0.05) is 10.4 Å². The largest absolute Gasteiger partial charge is 0.477 e. The molecule has 2 aromatic rings. The number of hydrogen-bond donors (Lipinski definition) is 2. The standard InChI is InChI=1S/C15H15NO4S/c1-8-2-4-11(20-8)14(17)16-10-3-5-12-9(6-10)7-13(21-12)15(18)19/h3,5-8,11H,2,4H2,1H3,(H,16,17)(H,18,19). The number of carbonyl (C=O) groups is 2. The van der Waals surface area contributed by atoms with E-state index in [4.69, 9.17) is 9.84 Å². The molecular formula is C15H15NO4S. The second kappa shape index (κ2) is 5.46. The molecule has 5 nitrogen and oxygen atoms in total. The van der Waals surface area contributed by atoms with Gasteiger partial charge in [-0.15, -0.1) is 11.3 Å². The lowest BCUT2D eigenvalue weighted by Gasteiger charge is -2.11. The Morgan fingerprint density at radius 1 is 1.33 bits per heavy atom. The number of nitrogens with one attached hydrogen (secondary N) is 1. The molecule has 6 heteroatoms. The van der Waals surface area contributed by atoms with E-state index in [0.29, 0.717) is 10.6 Å². The Labute approximate surface area is 125 Å². The maximum absolute atomic E-state index is 12.1. The molecule has 1 fully saturated rings. The van der Waals surface area contributed by atoms with Crippen LogP contribution in [0.15, 0.2) is 24.3 Å². The number of rotatable bonds is 3. The van der Waals surface area contributed by atoms with Crippen molar-refractivity contribution >= 4 is 39.0 Å². The van der Waals surface area contributed by atoms with Crippen LogP contribution in [0.25, 0.3) is 10.1 Å². The number of fused-ring (bicyclic) bond motifs is 1. The molecular weight excluding hydrogens is 290 g/mol. The third-order valence-electron chi connectivity index (χ3n) is 3.52. The van der Waals surface area contributed by atoms with E-state index < -0.39 is 12.1 Å². The highest BCUT2D eigenvalue weighted by atomic mass is 32.1. The Bertz CT molecular complexity index is 709. The van der Waals surface area contributed by atoms with Crippen LogP contribution < -0.4 is 5.32 Å². The Morgan fingerprint density at radius 3 is 2.81 bits per heavy atom. The predicted molar refractivity (Wildman–Crippen MR) is 81.0 cm³/mol. The molecule has 1 aliphatic rings. The molecule has 0 aliphatic carbocycles. The Balaban J connectivity index is 1.78. The van der Waals surface area contributed by atoms with E-state index in [1.807, 2.05) is 13.0 Å². The van der Waals surface area contributed by atoms with E-state index in [1.165, 1.54) is 11.3 Å². The van der Waals surface area contributed by atoms with Gasteiger partial charge in [-0.2, -0.15) is 0 Å². The van der Waals surface area contributed by atoms with Crippen molar-refractivity contribution in [3.63, 3.8) is 0 Å². The number of benzene rings is 1. The average Bonchev–Trinajstić information content (AvgIpc) is 3.04. The van der Waals surface area contributed by atoms with Crippen molar-refractivity contribution in [2.24, 2.45) is 0 Å². The monoisotopic (exact) mass is 305 g/mol. The summed E-state index contributed by atoms with van der Waals surface area (Å²) < 4.78 is 6.42. The number of aromatic carboxylic acids is 1. The molecule has 0 spiro atoms. The zero-order valence-electron chi connectivity index (χ0n) is 11.5. The summed E-state index contributed by atoms with van der Waals surface area (Å²) in [5.74, 6) is -1.08. The quantitative estimate of drug-likeness (QED) is 0.913. The van der Waals surface area contributed by atoms with Crippen LogP contribution in [0.1, 0.15) is 29.4 Å². The maximum atomic E-state index is 12.1. The summed E-state index contributed by atoms with van der Waals surface area (Å²) in [4.78, 5) is 23.3. The molecule has 21 heavy (non-hydrogen) atoms. The fourth-order valence-corrected chi connectivity index (χ4v) is 3.33. The first-order chi connectivity index (χ1) is 10.0. The van der Waals surface area contributed by atoms with Crippen molar-refractivity contribution in [3.8, 4) is 0 Å². The van der Waals surface area contributed by atoms with E-state index in [9.17, 15) is 9.59 Å². The minimum Gasteiger partial charge on any atom is -0.477 e. The van der Waals surface area contributed by atoms with Gasteiger partial charge in [0.15, 0.2) is 0 Å². The molecule has 0 radical (unpaired) electrons. The molecule has 3 rings (SSSR count). The Kier molecular flexibility index (Phi) is 3.65. The molecule has 1 aromatic heterocycles. The van der Waals surface area contributed by atoms with Gasteiger partial charge in [0.25, 0.3) is 5.91 Å². The van der Waals surface area contributed by atoms with Crippen molar-refractivity contribution in [1.82, 2.24) is 0 Å². The summed E-state index contributed by atoms with van der Waals surface area (Å²) >= 11 is 1.22. The molecule has 1 saturated heterocycles. The number of carboxylic acids is 1. The van der Waals surface area contributed by atoms with Crippen molar-refractivity contribution < 1.29 is 19.4 Å². The third-order valence-corrected chi connectivity index (χ3v) is 4.62. The smallest absolute Gasteiger partial charge is 0.345 e. The first kappa shape index (κ1) is 14.0. The van der Waals surface area contributed by atoms with E-state index in [1.54, 1.807) is 18.2 Å². The van der Waals surface area contributed by atoms with Crippen LogP contribution in [0.3, 0.4) is 0 Å². The average molecular weight is 305 g/mol. The molecule has 1 amide bonds. The second-order valence-corrected chi connectivity index (χ2v) is 6.25. The van der Waals surface area contributed by atoms with Crippen molar-refractivity contribution in [1.29, 1.82) is 0 Å². The van der Waals surface area contributed by atoms with E-state index >= 15 is 0 Å². The minimum absolute atomic E-state index is 0.123. The molecule has 110 valence electrons. The predicted octanol–water partition coefficient (Wildman–Crippen LogP) is 3.11. The van der Waals surface area contributed by atoms with Crippen molar-refractivity contribution in [2.75, 3.05) is 5.32 Å². The van der Waals surface area contributed by atoms with Gasteiger partial charge in [-0.25, -0.2) is 4.79 Å². The van der Waals surface area contributed by atoms with Crippen LogP contribution in [0.5, 0.6) is 0 Å². The van der Waals surface area contributed by atoms with Gasteiger partial charge >= 0.3 is 5.97 Å². The number of anilines is 1. The van der Waals surface area contributed by atoms with Crippen LogP contribution in [0.4, 0.5) is 5.69 Å². The highest BCUT2D eigenvalue weighted by Crippen LogP contribution is 2.28. The molecule has 2 heterocycles. The lowest BCUT2D eigenvalue weighted by molar-refractivity contribution is -0.126. The summed E-state index contributed by atoms with van der Waals surface area (Å²) in [5, 5.41) is 12.6. The van der Waals surface area contributed by atoms with Gasteiger partial charge in [-0.1, -0.05) is 0 Å². The first-order valence-corrected chi connectivity index (χ1v) is 7.58. The molecule has 1 aromatic carbocycles. The van der Waals surface area contributed by atoms with Gasteiger partial charge in [0.05, 0.1) is 6.10 Å². The number of carboxylic acid groups (broad SMARTS) is 1. The molecule has 0 bridgehead atoms. The molecule has 2 unspecified atom stereocenters. The van der Waals surface area contributed by atoms with Gasteiger partial charge in [0.2, 0.25) is 0 Å². The zero-order chi connectivity index (χ0) is 15.0. The number of thiophene rings is 1. The summed E-state index contributed by atoms with van der Waals surface area (Å²) in [6, 6.07) is 7.00.